The van der Waals surface area contributed by atoms with Gasteiger partial charge in [-0.2, -0.15) is 13.0 Å². The summed E-state index contributed by atoms with van der Waals surface area (Å²) in [5.41, 5.74) is 8.06. The summed E-state index contributed by atoms with van der Waals surface area (Å²) in [6.07, 6.45) is 11.7. The van der Waals surface area contributed by atoms with Gasteiger partial charge in [-0.15, -0.1) is 0 Å². The van der Waals surface area contributed by atoms with Crippen molar-refractivity contribution in [2.24, 2.45) is 0 Å². The molecule has 4 aromatic carbocycles. The first-order valence-electron chi connectivity index (χ1n) is 22.0. The number of anilines is 1. The molecule has 0 radical (unpaired) electrons. The number of nitrogens with zero attached hydrogens (tertiary/aromatic N) is 3. The molecule has 2 heterocycles. The lowest BCUT2D eigenvalue weighted by Crippen LogP contribution is -2.34. The van der Waals surface area contributed by atoms with Crippen molar-refractivity contribution >= 4 is 65.9 Å². The van der Waals surface area contributed by atoms with Crippen LogP contribution in [0.4, 0.5) is 16.2 Å². The summed E-state index contributed by atoms with van der Waals surface area (Å²) in [5.74, 6) is -0.170. The highest BCUT2D eigenvalue weighted by Gasteiger charge is 2.46. The van der Waals surface area contributed by atoms with E-state index in [0.29, 0.717) is 51.6 Å². The smallest absolute Gasteiger partial charge is 0.414 e. The number of likely N-dealkylation sites (N-methyl/N-ethyl adjacent to an activating group) is 1. The molecule has 0 saturated heterocycles. The van der Waals surface area contributed by atoms with Gasteiger partial charge in [0.25, 0.3) is 10.1 Å². The second-order valence-corrected chi connectivity index (χ2v) is 21.6. The van der Waals surface area contributed by atoms with Crippen LogP contribution >= 0.6 is 0 Å². The lowest BCUT2D eigenvalue weighted by atomic mass is 9.79. The topological polar surface area (TPSA) is 130 Å². The van der Waals surface area contributed by atoms with Gasteiger partial charge in [-0.25, -0.2) is 4.79 Å². The molecule has 7 rings (SSSR count). The Morgan fingerprint density at radius 3 is 2.17 bits per heavy atom. The Bertz CT molecular complexity index is 2750. The van der Waals surface area contributed by atoms with E-state index in [1.165, 1.54) is 21.9 Å². The van der Waals surface area contributed by atoms with Crippen LogP contribution in [0, 0.1) is 0 Å². The Hall–Kier alpha value is -4.88. The molecule has 1 atom stereocenters. The summed E-state index contributed by atoms with van der Waals surface area (Å²) >= 11 is -2.09. The fourth-order valence-electron chi connectivity index (χ4n) is 9.85. The summed E-state index contributed by atoms with van der Waals surface area (Å²) in [6.45, 7) is 15.8. The third-order valence-electron chi connectivity index (χ3n) is 12.6. The normalized spacial score (nSPS) is 19.0. The van der Waals surface area contributed by atoms with Gasteiger partial charge in [0, 0.05) is 60.3 Å². The minimum Gasteiger partial charge on any atom is -0.772 e. The molecule has 63 heavy (non-hydrogen) atoms. The van der Waals surface area contributed by atoms with Gasteiger partial charge in [0.2, 0.25) is 5.69 Å². The number of ether oxygens (including phenoxy) is 1. The first-order chi connectivity index (χ1) is 29.7. The average molecular weight is 892 g/mol. The maximum Gasteiger partial charge on any atom is 0.414 e. The minimum atomic E-state index is -4.08. The number of rotatable bonds is 14. The number of amides is 1. The van der Waals surface area contributed by atoms with Gasteiger partial charge in [-0.1, -0.05) is 91.7 Å². The summed E-state index contributed by atoms with van der Waals surface area (Å²) in [5, 5.41) is 4.66. The second-order valence-electron chi connectivity index (χ2n) is 19.0. The van der Waals surface area contributed by atoms with Crippen molar-refractivity contribution in [3.63, 3.8) is 0 Å². The van der Waals surface area contributed by atoms with Crippen LogP contribution < -0.4 is 4.90 Å². The van der Waals surface area contributed by atoms with Crippen molar-refractivity contribution in [2.75, 3.05) is 36.5 Å². The van der Waals surface area contributed by atoms with Crippen molar-refractivity contribution in [1.29, 1.82) is 0 Å². The summed E-state index contributed by atoms with van der Waals surface area (Å²) < 4.78 is 63.9. The molecule has 12 heteroatoms. The molecule has 0 aromatic heterocycles. The largest absolute Gasteiger partial charge is 0.772 e. The zero-order chi connectivity index (χ0) is 45.5. The van der Waals surface area contributed by atoms with Crippen LogP contribution in [0.3, 0.4) is 0 Å². The SMILES string of the molecule is CN(C(=O)OC(C)(C)C)C1=C(/C=C/C2=[N+](CCCCS(=O)[O-])c3ccc4ccccc4c3C2(C)C)CC/C1=C\C=C1\N(CCCCS(=O)(=O)O)c2ccc3ccccc3c2C1(C)C. The fourth-order valence-corrected chi connectivity index (χ4v) is 10.9. The van der Waals surface area contributed by atoms with Gasteiger partial charge in [-0.3, -0.25) is 13.7 Å². The third kappa shape index (κ3) is 9.65. The van der Waals surface area contributed by atoms with Crippen molar-refractivity contribution in [1.82, 2.24) is 4.90 Å². The molecule has 1 unspecified atom stereocenters. The molecule has 0 saturated carbocycles. The lowest BCUT2D eigenvalue weighted by Gasteiger charge is -2.28. The zero-order valence-electron chi connectivity index (χ0n) is 37.9. The van der Waals surface area contributed by atoms with Crippen LogP contribution in [0.15, 0.2) is 120 Å². The van der Waals surface area contributed by atoms with E-state index in [1.54, 1.807) is 11.9 Å². The Morgan fingerprint density at radius 2 is 1.52 bits per heavy atom. The number of fused-ring (bicyclic) bond motifs is 6. The Labute approximate surface area is 375 Å². The van der Waals surface area contributed by atoms with Gasteiger partial charge in [0.05, 0.1) is 16.9 Å². The number of unbranched alkanes of at least 4 members (excludes halogenated alkanes) is 2. The van der Waals surface area contributed by atoms with E-state index in [1.807, 2.05) is 26.8 Å². The molecule has 1 aliphatic carbocycles. The first-order valence-corrected chi connectivity index (χ1v) is 24.8. The van der Waals surface area contributed by atoms with Crippen LogP contribution in [-0.2, 0) is 36.8 Å². The van der Waals surface area contributed by atoms with E-state index in [9.17, 15) is 26.5 Å². The van der Waals surface area contributed by atoms with E-state index in [2.05, 4.69) is 128 Å². The van der Waals surface area contributed by atoms with Gasteiger partial charge < -0.3 is 14.2 Å². The van der Waals surface area contributed by atoms with E-state index < -0.39 is 38.3 Å². The van der Waals surface area contributed by atoms with Crippen LogP contribution in [0.1, 0.15) is 98.1 Å². The van der Waals surface area contributed by atoms with Gasteiger partial charge in [0.1, 0.15) is 12.1 Å². The van der Waals surface area contributed by atoms with Crippen LogP contribution in [0.25, 0.3) is 21.5 Å². The zero-order valence-corrected chi connectivity index (χ0v) is 39.5. The van der Waals surface area contributed by atoms with Crippen molar-refractivity contribution in [3.8, 4) is 0 Å². The molecule has 1 N–H and O–H groups in total. The predicted octanol–water partition coefficient (Wildman–Crippen LogP) is 10.8. The Balaban J connectivity index is 1.33. The van der Waals surface area contributed by atoms with E-state index in [0.717, 1.165) is 50.4 Å². The number of hydrogen-bond donors (Lipinski definition) is 1. The summed E-state index contributed by atoms with van der Waals surface area (Å²) in [7, 11) is -2.31. The van der Waals surface area contributed by atoms with Crippen molar-refractivity contribution in [2.45, 2.75) is 103 Å². The molecule has 3 aliphatic rings. The number of benzene rings is 4. The van der Waals surface area contributed by atoms with Crippen LogP contribution in [0.2, 0.25) is 0 Å². The monoisotopic (exact) mass is 891 g/mol. The number of hydrogen-bond acceptors (Lipinski definition) is 7. The maximum absolute atomic E-state index is 13.9. The molecule has 10 nitrogen and oxygen atoms in total. The average Bonchev–Trinajstić information content (AvgIpc) is 3.79. The van der Waals surface area contributed by atoms with E-state index >= 15 is 0 Å². The highest BCUT2D eigenvalue weighted by molar-refractivity contribution is 7.85. The molecule has 334 valence electrons. The summed E-state index contributed by atoms with van der Waals surface area (Å²) in [6, 6.07) is 25.4. The molecule has 0 spiro atoms. The Morgan fingerprint density at radius 1 is 0.873 bits per heavy atom. The van der Waals surface area contributed by atoms with Crippen LogP contribution in [0.5, 0.6) is 0 Å². The molecule has 1 amide bonds. The predicted molar refractivity (Wildman–Crippen MR) is 255 cm³/mol. The standard InChI is InChI=1S/C51H61N3O7S2/c1-49(2,3)61-48(55)52(8)47-37(25-29-43-50(4,5)45-39-19-11-9-17-35(39)23-27-41(45)53(43)31-13-15-33-62(56)57)21-22-38(47)26-30-44-51(6,7)46-40-20-12-10-18-36(40)24-28-42(46)54(44)32-14-16-34-63(58,59)60/h9-12,17-20,23-30H,13-16,21-22,31-34H2,1-8H3,(H-,56,57,58,59,60). The van der Waals surface area contributed by atoms with Gasteiger partial charge in [-0.05, 0) is 123 Å². The van der Waals surface area contributed by atoms with Crippen molar-refractivity contribution in [3.05, 3.63) is 131 Å². The van der Waals surface area contributed by atoms with E-state index in [4.69, 9.17) is 4.74 Å². The fraction of sp³-hybridized carbons (Fsp3) is 0.412. The number of allylic oxidation sites excluding steroid dienone is 7. The van der Waals surface area contributed by atoms with Gasteiger partial charge in [0.15, 0.2) is 5.71 Å². The van der Waals surface area contributed by atoms with Crippen LogP contribution in [-0.4, -0.2) is 80.3 Å². The Kier molecular flexibility index (Phi) is 13.1. The highest BCUT2D eigenvalue weighted by Crippen LogP contribution is 2.51. The minimum absolute atomic E-state index is 0.122. The molecule has 0 fully saturated rings. The number of carbonyl (C=O) groups excluding carboxylic acids is 1. The molecule has 0 bridgehead atoms. The third-order valence-corrected chi connectivity index (χ3v) is 14.1. The highest BCUT2D eigenvalue weighted by atomic mass is 32.2. The molecule has 4 aromatic rings. The summed E-state index contributed by atoms with van der Waals surface area (Å²) in [4.78, 5) is 17.8. The molecular formula is C51H61N3O7S2. The lowest BCUT2D eigenvalue weighted by molar-refractivity contribution is -0.438. The molecule has 2 aliphatic heterocycles. The number of carbonyl (C=O) groups is 1. The molecular weight excluding hydrogens is 831 g/mol. The van der Waals surface area contributed by atoms with Crippen molar-refractivity contribution < 1.29 is 35.8 Å². The first kappa shape index (κ1) is 46.1. The maximum atomic E-state index is 13.9. The van der Waals surface area contributed by atoms with E-state index in [-0.39, 0.29) is 16.9 Å². The van der Waals surface area contributed by atoms with Gasteiger partial charge >= 0.3 is 6.09 Å². The second kappa shape index (κ2) is 17.9. The quantitative estimate of drug-likeness (QED) is 0.0573.